The van der Waals surface area contributed by atoms with Crippen LogP contribution in [-0.2, 0) is 11.2 Å². The number of thioether (sulfide) groups is 1. The van der Waals surface area contributed by atoms with E-state index in [0.29, 0.717) is 0 Å². The van der Waals surface area contributed by atoms with Crippen LogP contribution in [0.1, 0.15) is 27.3 Å². The summed E-state index contributed by atoms with van der Waals surface area (Å²) < 4.78 is 0. The molecule has 1 N–H and O–H groups in total. The molecule has 0 fully saturated rings. The Bertz CT molecular complexity index is 642. The molecule has 3 heterocycles. The number of fused-ring (bicyclic) bond motifs is 1. The van der Waals surface area contributed by atoms with Crippen LogP contribution in [0.15, 0.2) is 28.3 Å². The van der Waals surface area contributed by atoms with Crippen LogP contribution in [-0.4, -0.2) is 11.7 Å². The SMILES string of the molecule is N#C[C@H](NC(=O)[C@H]1SCCc2sccc21)c1ccsc1. The number of hydrogen-bond acceptors (Lipinski definition) is 5. The van der Waals surface area contributed by atoms with Crippen LogP contribution in [0.5, 0.6) is 0 Å². The lowest BCUT2D eigenvalue weighted by Gasteiger charge is -2.22. The highest BCUT2D eigenvalue weighted by molar-refractivity contribution is 8.00. The number of hydrogen-bond donors (Lipinski definition) is 1. The van der Waals surface area contributed by atoms with Gasteiger partial charge in [0.25, 0.3) is 0 Å². The van der Waals surface area contributed by atoms with E-state index in [9.17, 15) is 10.1 Å². The van der Waals surface area contributed by atoms with Gasteiger partial charge in [-0.2, -0.15) is 16.6 Å². The van der Waals surface area contributed by atoms with Crippen LogP contribution in [0.4, 0.5) is 0 Å². The number of carbonyl (C=O) groups is 1. The van der Waals surface area contributed by atoms with E-state index in [-0.39, 0.29) is 11.2 Å². The third-order valence-corrected chi connectivity index (χ3v) is 6.15. The van der Waals surface area contributed by atoms with E-state index in [2.05, 4.69) is 11.4 Å². The maximum Gasteiger partial charge on any atom is 0.238 e. The summed E-state index contributed by atoms with van der Waals surface area (Å²) in [5.74, 6) is 0.897. The Morgan fingerprint density at radius 1 is 1.45 bits per heavy atom. The van der Waals surface area contributed by atoms with Gasteiger partial charge < -0.3 is 5.32 Å². The van der Waals surface area contributed by atoms with E-state index in [4.69, 9.17) is 0 Å². The molecule has 0 aliphatic carbocycles. The minimum Gasteiger partial charge on any atom is -0.335 e. The number of amides is 1. The van der Waals surface area contributed by atoms with Gasteiger partial charge in [-0.1, -0.05) is 0 Å². The second-order valence-electron chi connectivity index (χ2n) is 4.43. The first-order valence-electron chi connectivity index (χ1n) is 6.19. The van der Waals surface area contributed by atoms with E-state index in [1.807, 2.05) is 28.3 Å². The topological polar surface area (TPSA) is 52.9 Å². The molecule has 0 bridgehead atoms. The summed E-state index contributed by atoms with van der Waals surface area (Å²) in [6, 6.07) is 5.51. The molecule has 0 aromatic carbocycles. The number of aryl methyl sites for hydroxylation is 1. The summed E-state index contributed by atoms with van der Waals surface area (Å²) in [4.78, 5) is 13.7. The van der Waals surface area contributed by atoms with Crippen molar-refractivity contribution < 1.29 is 4.79 Å². The van der Waals surface area contributed by atoms with Gasteiger partial charge in [-0.3, -0.25) is 4.79 Å². The van der Waals surface area contributed by atoms with Crippen molar-refractivity contribution in [1.29, 1.82) is 5.26 Å². The molecule has 0 spiro atoms. The molecule has 102 valence electrons. The molecule has 6 heteroatoms. The van der Waals surface area contributed by atoms with Gasteiger partial charge in [0.2, 0.25) is 5.91 Å². The standard InChI is InChI=1S/C14H12N2OS3/c15-7-11(9-1-4-18-8-9)16-14(17)13-10-2-5-19-12(10)3-6-20-13/h1-2,4-5,8,11,13H,3,6H2,(H,16,17)/t11-,13-/m0/s1. The van der Waals surface area contributed by atoms with Gasteiger partial charge in [0.05, 0.1) is 6.07 Å². The zero-order valence-corrected chi connectivity index (χ0v) is 13.0. The molecule has 0 unspecified atom stereocenters. The fraction of sp³-hybridized carbons (Fsp3) is 0.286. The summed E-state index contributed by atoms with van der Waals surface area (Å²) in [6.45, 7) is 0. The number of thiophene rings is 2. The van der Waals surface area contributed by atoms with Crippen molar-refractivity contribution >= 4 is 40.3 Å². The predicted molar refractivity (Wildman–Crippen MR) is 84.0 cm³/mol. The molecule has 1 aliphatic heterocycles. The minimum atomic E-state index is -0.557. The molecular formula is C14H12N2OS3. The Morgan fingerprint density at radius 3 is 3.10 bits per heavy atom. The number of carbonyl (C=O) groups excluding carboxylic acids is 1. The molecule has 0 saturated heterocycles. The van der Waals surface area contributed by atoms with Crippen molar-refractivity contribution in [1.82, 2.24) is 5.32 Å². The Hall–Kier alpha value is -1.29. The summed E-state index contributed by atoms with van der Waals surface area (Å²) in [7, 11) is 0. The van der Waals surface area contributed by atoms with Gasteiger partial charge in [0, 0.05) is 4.88 Å². The number of nitrogens with one attached hydrogen (secondary N) is 1. The van der Waals surface area contributed by atoms with Gasteiger partial charge in [-0.15, -0.1) is 23.1 Å². The summed E-state index contributed by atoms with van der Waals surface area (Å²) in [5.41, 5.74) is 1.97. The second kappa shape index (κ2) is 6.00. The average molecular weight is 320 g/mol. The maximum atomic E-state index is 12.4. The zero-order valence-electron chi connectivity index (χ0n) is 10.5. The lowest BCUT2D eigenvalue weighted by molar-refractivity contribution is -0.121. The van der Waals surface area contributed by atoms with Crippen LogP contribution in [0.25, 0.3) is 0 Å². The van der Waals surface area contributed by atoms with Gasteiger partial charge >= 0.3 is 0 Å². The first-order chi connectivity index (χ1) is 9.79. The highest BCUT2D eigenvalue weighted by atomic mass is 32.2. The molecule has 1 amide bonds. The Kier molecular flexibility index (Phi) is 4.10. The molecule has 3 nitrogen and oxygen atoms in total. The van der Waals surface area contributed by atoms with E-state index >= 15 is 0 Å². The molecule has 0 saturated carbocycles. The largest absolute Gasteiger partial charge is 0.335 e. The third-order valence-electron chi connectivity index (χ3n) is 3.21. The normalized spacial score (nSPS) is 18.9. The molecule has 2 aromatic heterocycles. The van der Waals surface area contributed by atoms with Crippen LogP contribution in [0, 0.1) is 11.3 Å². The predicted octanol–water partition coefficient (Wildman–Crippen LogP) is 3.52. The highest BCUT2D eigenvalue weighted by Gasteiger charge is 2.29. The second-order valence-corrected chi connectivity index (χ2v) is 7.42. The maximum absolute atomic E-state index is 12.4. The monoisotopic (exact) mass is 320 g/mol. The zero-order chi connectivity index (χ0) is 13.9. The number of nitrogens with zero attached hydrogens (tertiary/aromatic N) is 1. The van der Waals surface area contributed by atoms with Gasteiger partial charge in [0.1, 0.15) is 11.3 Å². The smallest absolute Gasteiger partial charge is 0.238 e. The van der Waals surface area contributed by atoms with Gasteiger partial charge in [0.15, 0.2) is 0 Å². The quantitative estimate of drug-likeness (QED) is 0.941. The Labute approximate surface area is 129 Å². The first-order valence-corrected chi connectivity index (χ1v) is 9.06. The van der Waals surface area contributed by atoms with Crippen LogP contribution in [0.3, 0.4) is 0 Å². The van der Waals surface area contributed by atoms with Crippen molar-refractivity contribution in [2.75, 3.05) is 5.75 Å². The summed E-state index contributed by atoms with van der Waals surface area (Å²) in [5, 5.41) is 17.8. The van der Waals surface area contributed by atoms with E-state index < -0.39 is 6.04 Å². The Balaban J connectivity index is 1.76. The van der Waals surface area contributed by atoms with Crippen molar-refractivity contribution in [3.63, 3.8) is 0 Å². The molecule has 3 rings (SSSR count). The highest BCUT2D eigenvalue weighted by Crippen LogP contribution is 2.39. The van der Waals surface area contributed by atoms with Crippen molar-refractivity contribution in [2.45, 2.75) is 17.7 Å². The van der Waals surface area contributed by atoms with E-state index in [1.165, 1.54) is 16.2 Å². The minimum absolute atomic E-state index is 0.0629. The first kappa shape index (κ1) is 13.7. The van der Waals surface area contributed by atoms with Crippen LogP contribution >= 0.6 is 34.4 Å². The van der Waals surface area contributed by atoms with Gasteiger partial charge in [-0.25, -0.2) is 0 Å². The van der Waals surface area contributed by atoms with E-state index in [1.54, 1.807) is 23.1 Å². The van der Waals surface area contributed by atoms with Crippen molar-refractivity contribution in [3.05, 3.63) is 44.3 Å². The lowest BCUT2D eigenvalue weighted by atomic mass is 10.1. The molecule has 20 heavy (non-hydrogen) atoms. The molecule has 0 radical (unpaired) electrons. The fourth-order valence-corrected chi connectivity index (χ4v) is 5.20. The third kappa shape index (κ3) is 2.62. The summed E-state index contributed by atoms with van der Waals surface area (Å²) >= 11 is 4.90. The molecule has 2 aromatic rings. The van der Waals surface area contributed by atoms with Gasteiger partial charge in [-0.05, 0) is 51.6 Å². The fourth-order valence-electron chi connectivity index (χ4n) is 2.21. The van der Waals surface area contributed by atoms with Crippen LogP contribution < -0.4 is 5.32 Å². The van der Waals surface area contributed by atoms with Crippen molar-refractivity contribution in [2.24, 2.45) is 0 Å². The molecular weight excluding hydrogens is 308 g/mol. The molecule has 2 atom stereocenters. The van der Waals surface area contributed by atoms with Crippen molar-refractivity contribution in [3.8, 4) is 6.07 Å². The summed E-state index contributed by atoms with van der Waals surface area (Å²) in [6.07, 6.45) is 1.04. The number of nitriles is 1. The average Bonchev–Trinajstić information content (AvgIpc) is 3.14. The lowest BCUT2D eigenvalue weighted by Crippen LogP contribution is -2.32. The molecule has 1 aliphatic rings. The van der Waals surface area contributed by atoms with E-state index in [0.717, 1.165) is 23.3 Å². The number of rotatable bonds is 3. The Morgan fingerprint density at radius 2 is 2.35 bits per heavy atom. The van der Waals surface area contributed by atoms with Crippen LogP contribution in [0.2, 0.25) is 0 Å².